The summed E-state index contributed by atoms with van der Waals surface area (Å²) < 4.78 is 0. The molecule has 3 heterocycles. The summed E-state index contributed by atoms with van der Waals surface area (Å²) in [5.41, 5.74) is 4.86. The average Bonchev–Trinajstić information content (AvgIpc) is 2.99. The molecular formula is C18H21N3O. The molecule has 1 atom stereocenters. The monoisotopic (exact) mass is 295 g/mol. The molecule has 4 heteroatoms. The van der Waals surface area contributed by atoms with Gasteiger partial charge in [-0.1, -0.05) is 6.07 Å². The molecule has 1 N–H and O–H groups in total. The van der Waals surface area contributed by atoms with E-state index in [1.807, 2.05) is 4.90 Å². The van der Waals surface area contributed by atoms with Gasteiger partial charge in [-0.15, -0.1) is 0 Å². The number of hydrogen-bond acceptors (Lipinski definition) is 3. The zero-order valence-electron chi connectivity index (χ0n) is 12.8. The van der Waals surface area contributed by atoms with Crippen molar-refractivity contribution in [3.05, 3.63) is 29.3 Å². The molecule has 2 saturated heterocycles. The Morgan fingerprint density at radius 2 is 2.18 bits per heavy atom. The molecule has 22 heavy (non-hydrogen) atoms. The Balaban J connectivity index is 1.48. The zero-order chi connectivity index (χ0) is 14.7. The Hall–Kier alpha value is -1.68. The van der Waals surface area contributed by atoms with Crippen molar-refractivity contribution in [2.24, 2.45) is 16.3 Å². The van der Waals surface area contributed by atoms with Crippen molar-refractivity contribution in [3.63, 3.8) is 0 Å². The van der Waals surface area contributed by atoms with Gasteiger partial charge in [0.05, 0.1) is 12.0 Å². The fraction of sp³-hybridized carbons (Fsp3) is 0.556. The molecule has 3 aliphatic heterocycles. The fourth-order valence-corrected chi connectivity index (χ4v) is 4.28. The number of amides is 1. The lowest BCUT2D eigenvalue weighted by Crippen LogP contribution is -2.36. The van der Waals surface area contributed by atoms with E-state index in [4.69, 9.17) is 4.99 Å². The van der Waals surface area contributed by atoms with Gasteiger partial charge in [-0.05, 0) is 49.9 Å². The van der Waals surface area contributed by atoms with Gasteiger partial charge in [0.1, 0.15) is 0 Å². The van der Waals surface area contributed by atoms with E-state index in [0.717, 1.165) is 44.7 Å². The molecule has 0 bridgehead atoms. The number of aliphatic imine (C=N–C) groups is 1. The molecule has 0 unspecified atom stereocenters. The number of nitrogens with zero attached hydrogens (tertiary/aromatic N) is 2. The maximum absolute atomic E-state index is 12.9. The molecule has 3 fully saturated rings. The molecular weight excluding hydrogens is 274 g/mol. The van der Waals surface area contributed by atoms with E-state index in [9.17, 15) is 4.79 Å². The van der Waals surface area contributed by atoms with Crippen LogP contribution in [0.3, 0.4) is 0 Å². The highest BCUT2D eigenvalue weighted by molar-refractivity contribution is 6.08. The van der Waals surface area contributed by atoms with Crippen molar-refractivity contribution in [2.75, 3.05) is 24.5 Å². The summed E-state index contributed by atoms with van der Waals surface area (Å²) in [7, 11) is 0. The summed E-state index contributed by atoms with van der Waals surface area (Å²) in [6, 6.07) is 6.51. The first kappa shape index (κ1) is 12.8. The predicted molar refractivity (Wildman–Crippen MR) is 86.3 cm³/mol. The smallest absolute Gasteiger partial charge is 0.234 e. The van der Waals surface area contributed by atoms with Crippen molar-refractivity contribution in [2.45, 2.75) is 32.2 Å². The minimum atomic E-state index is -0.133. The summed E-state index contributed by atoms with van der Waals surface area (Å²) >= 11 is 0. The molecule has 0 aromatic heterocycles. The van der Waals surface area contributed by atoms with Crippen LogP contribution in [0.5, 0.6) is 0 Å². The highest BCUT2D eigenvalue weighted by Crippen LogP contribution is 2.42. The van der Waals surface area contributed by atoms with Crippen molar-refractivity contribution < 1.29 is 4.79 Å². The number of carbonyl (C=O) groups is 1. The van der Waals surface area contributed by atoms with Gasteiger partial charge >= 0.3 is 0 Å². The van der Waals surface area contributed by atoms with Crippen molar-refractivity contribution in [1.29, 1.82) is 0 Å². The van der Waals surface area contributed by atoms with Crippen LogP contribution in [-0.4, -0.2) is 31.3 Å². The van der Waals surface area contributed by atoms with Gasteiger partial charge < -0.3 is 10.2 Å². The number of hydrogen-bond donors (Lipinski definition) is 1. The van der Waals surface area contributed by atoms with Crippen LogP contribution >= 0.6 is 0 Å². The van der Waals surface area contributed by atoms with Crippen LogP contribution in [0.25, 0.3) is 0 Å². The zero-order valence-corrected chi connectivity index (χ0v) is 12.8. The molecule has 4 nitrogen and oxygen atoms in total. The molecule has 5 rings (SSSR count). The van der Waals surface area contributed by atoms with Crippen molar-refractivity contribution in [3.8, 4) is 0 Å². The van der Waals surface area contributed by atoms with Crippen LogP contribution < -0.4 is 10.2 Å². The standard InChI is InChI=1S/C18H21N3O/c22-17-18(5-7-19-11-18)6-8-21(17)14-4-3-13-10-20-16(12-1-2-12)15(13)9-14/h3-4,9,12,19H,1-2,5-8,10-11H2/t18-/m0/s1. The van der Waals surface area contributed by atoms with Crippen LogP contribution in [0.15, 0.2) is 23.2 Å². The van der Waals surface area contributed by atoms with E-state index in [1.54, 1.807) is 0 Å². The molecule has 1 aromatic carbocycles. The number of benzene rings is 1. The summed E-state index contributed by atoms with van der Waals surface area (Å²) in [4.78, 5) is 19.7. The topological polar surface area (TPSA) is 44.7 Å². The summed E-state index contributed by atoms with van der Waals surface area (Å²) in [5, 5.41) is 3.36. The first-order chi connectivity index (χ1) is 10.8. The molecule has 1 spiro atoms. The van der Waals surface area contributed by atoms with Crippen molar-refractivity contribution in [1.82, 2.24) is 5.32 Å². The van der Waals surface area contributed by atoms with Gasteiger partial charge in [-0.3, -0.25) is 9.79 Å². The number of rotatable bonds is 2. The first-order valence-electron chi connectivity index (χ1n) is 8.47. The Labute approximate surface area is 130 Å². The maximum Gasteiger partial charge on any atom is 0.234 e. The van der Waals surface area contributed by atoms with Crippen LogP contribution in [0, 0.1) is 11.3 Å². The van der Waals surface area contributed by atoms with Crippen LogP contribution in [-0.2, 0) is 11.3 Å². The molecule has 1 aliphatic carbocycles. The van der Waals surface area contributed by atoms with Crippen LogP contribution in [0.2, 0.25) is 0 Å². The average molecular weight is 295 g/mol. The van der Waals surface area contributed by atoms with Gasteiger partial charge in [-0.2, -0.15) is 0 Å². The Morgan fingerprint density at radius 1 is 1.27 bits per heavy atom. The molecule has 4 aliphatic rings. The fourth-order valence-electron chi connectivity index (χ4n) is 4.28. The van der Waals surface area contributed by atoms with E-state index in [0.29, 0.717) is 11.8 Å². The highest BCUT2D eigenvalue weighted by atomic mass is 16.2. The van der Waals surface area contributed by atoms with Gasteiger partial charge in [0, 0.05) is 36.0 Å². The van der Waals surface area contributed by atoms with Gasteiger partial charge in [0.2, 0.25) is 5.91 Å². The second kappa shape index (κ2) is 4.42. The Kier molecular flexibility index (Phi) is 2.57. The number of nitrogens with one attached hydrogen (secondary N) is 1. The third-order valence-electron chi connectivity index (χ3n) is 5.82. The number of anilines is 1. The molecule has 1 saturated carbocycles. The van der Waals surface area contributed by atoms with E-state index < -0.39 is 0 Å². The lowest BCUT2D eigenvalue weighted by molar-refractivity contribution is -0.124. The molecule has 1 amide bonds. The number of fused-ring (bicyclic) bond motifs is 1. The number of carbonyl (C=O) groups excluding carboxylic acids is 1. The summed E-state index contributed by atoms with van der Waals surface area (Å²) in [6.45, 7) is 3.50. The molecule has 0 radical (unpaired) electrons. The van der Waals surface area contributed by atoms with Gasteiger partial charge in [0.15, 0.2) is 0 Å². The molecule has 114 valence electrons. The van der Waals surface area contributed by atoms with Gasteiger partial charge in [-0.25, -0.2) is 0 Å². The van der Waals surface area contributed by atoms with E-state index in [1.165, 1.54) is 29.7 Å². The van der Waals surface area contributed by atoms with Gasteiger partial charge in [0.25, 0.3) is 0 Å². The minimum Gasteiger partial charge on any atom is -0.316 e. The molecule has 1 aromatic rings. The first-order valence-corrected chi connectivity index (χ1v) is 8.47. The Morgan fingerprint density at radius 3 is 2.95 bits per heavy atom. The minimum absolute atomic E-state index is 0.133. The Bertz CT molecular complexity index is 684. The second-order valence-corrected chi connectivity index (χ2v) is 7.23. The lowest BCUT2D eigenvalue weighted by Gasteiger charge is -2.22. The highest BCUT2D eigenvalue weighted by Gasteiger charge is 2.48. The van der Waals surface area contributed by atoms with Crippen LogP contribution in [0.4, 0.5) is 5.69 Å². The normalized spacial score (nSPS) is 30.3. The summed E-state index contributed by atoms with van der Waals surface area (Å²) in [5.74, 6) is 0.997. The summed E-state index contributed by atoms with van der Waals surface area (Å²) in [6.07, 6.45) is 4.53. The third kappa shape index (κ3) is 1.73. The maximum atomic E-state index is 12.9. The quantitative estimate of drug-likeness (QED) is 0.908. The SMILES string of the molecule is O=C1N(c2ccc3c(c2)C(C2CC2)=NC3)CC[C@]12CCNC2. The largest absolute Gasteiger partial charge is 0.316 e. The second-order valence-electron chi connectivity index (χ2n) is 7.23. The van der Waals surface area contributed by atoms with Crippen LogP contribution in [0.1, 0.15) is 36.8 Å². The van der Waals surface area contributed by atoms with E-state index in [2.05, 4.69) is 23.5 Å². The predicted octanol–water partition coefficient (Wildman–Crippen LogP) is 2.12. The lowest BCUT2D eigenvalue weighted by atomic mass is 9.86. The third-order valence-corrected chi connectivity index (χ3v) is 5.82. The van der Waals surface area contributed by atoms with Crippen molar-refractivity contribution >= 4 is 17.3 Å². The van der Waals surface area contributed by atoms with E-state index >= 15 is 0 Å². The van der Waals surface area contributed by atoms with E-state index in [-0.39, 0.29) is 5.41 Å².